The van der Waals surface area contributed by atoms with E-state index in [0.29, 0.717) is 17.1 Å². The molecule has 6 heteroatoms. The minimum absolute atomic E-state index is 0.287. The van der Waals surface area contributed by atoms with Gasteiger partial charge in [0.2, 0.25) is 0 Å². The summed E-state index contributed by atoms with van der Waals surface area (Å²) in [4.78, 5) is 20.5. The van der Waals surface area contributed by atoms with Crippen molar-refractivity contribution in [3.8, 4) is 6.01 Å². The molecule has 0 atom stereocenters. The zero-order valence-electron chi connectivity index (χ0n) is 13.4. The maximum Gasteiger partial charge on any atom is 0.323 e. The Morgan fingerprint density at radius 3 is 2.27 bits per heavy atom. The molecule has 0 spiro atoms. The summed E-state index contributed by atoms with van der Waals surface area (Å²) in [5.74, 6) is 0. The Balaban J connectivity index is 2.18. The van der Waals surface area contributed by atoms with E-state index in [1.807, 2.05) is 32.0 Å². The van der Waals surface area contributed by atoms with Crippen LogP contribution in [0, 0.1) is 27.7 Å². The van der Waals surface area contributed by atoms with Gasteiger partial charge in [-0.2, -0.15) is 9.97 Å². The van der Waals surface area contributed by atoms with Crippen molar-refractivity contribution in [2.24, 2.45) is 0 Å². The number of hydrogen-bond donors (Lipinski definition) is 2. The number of ether oxygens (including phenoxy) is 1. The first kappa shape index (κ1) is 15.8. The highest BCUT2D eigenvalue weighted by atomic mass is 16.5. The Bertz CT molecular complexity index is 690. The molecule has 2 rings (SSSR count). The molecule has 0 saturated carbocycles. The van der Waals surface area contributed by atoms with E-state index in [0.717, 1.165) is 16.8 Å². The Kier molecular flexibility index (Phi) is 4.60. The van der Waals surface area contributed by atoms with Crippen molar-refractivity contribution in [1.29, 1.82) is 0 Å². The third kappa shape index (κ3) is 3.33. The molecular weight excluding hydrogens is 280 g/mol. The van der Waals surface area contributed by atoms with Gasteiger partial charge in [-0.1, -0.05) is 12.1 Å². The van der Waals surface area contributed by atoms with E-state index >= 15 is 0 Å². The lowest BCUT2D eigenvalue weighted by Gasteiger charge is -2.14. The lowest BCUT2D eigenvalue weighted by molar-refractivity contribution is 0.262. The van der Waals surface area contributed by atoms with E-state index in [1.54, 1.807) is 13.8 Å². The number of anilines is 2. The van der Waals surface area contributed by atoms with E-state index in [1.165, 1.54) is 7.11 Å². The van der Waals surface area contributed by atoms with Gasteiger partial charge in [0.05, 0.1) is 24.2 Å². The van der Waals surface area contributed by atoms with Gasteiger partial charge >= 0.3 is 12.0 Å². The number of urea groups is 1. The summed E-state index contributed by atoms with van der Waals surface area (Å²) < 4.78 is 5.01. The lowest BCUT2D eigenvalue weighted by Crippen LogP contribution is -2.22. The maximum absolute atomic E-state index is 12.2. The summed E-state index contributed by atoms with van der Waals surface area (Å²) in [6, 6.07) is 5.74. The van der Waals surface area contributed by atoms with E-state index in [9.17, 15) is 4.79 Å². The SMILES string of the molecule is COc1nc(C)c(NC(=O)Nc2cccc(C)c2C)c(C)n1. The molecule has 2 N–H and O–H groups in total. The van der Waals surface area contributed by atoms with Gasteiger partial charge in [0.1, 0.15) is 0 Å². The molecule has 1 aromatic carbocycles. The molecule has 1 heterocycles. The first-order valence-electron chi connectivity index (χ1n) is 6.95. The van der Waals surface area contributed by atoms with Gasteiger partial charge in [-0.05, 0) is 44.9 Å². The summed E-state index contributed by atoms with van der Waals surface area (Å²) in [7, 11) is 1.51. The normalized spacial score (nSPS) is 10.2. The molecule has 2 aromatic rings. The van der Waals surface area contributed by atoms with E-state index < -0.39 is 0 Å². The van der Waals surface area contributed by atoms with Crippen molar-refractivity contribution < 1.29 is 9.53 Å². The summed E-state index contributed by atoms with van der Waals surface area (Å²) in [6.07, 6.45) is 0. The van der Waals surface area contributed by atoms with Crippen LogP contribution < -0.4 is 15.4 Å². The van der Waals surface area contributed by atoms with Gasteiger partial charge in [-0.15, -0.1) is 0 Å². The van der Waals surface area contributed by atoms with Crippen LogP contribution in [-0.2, 0) is 0 Å². The van der Waals surface area contributed by atoms with Crippen molar-refractivity contribution in [3.05, 3.63) is 40.7 Å². The van der Waals surface area contributed by atoms with Crippen LogP contribution in [0.1, 0.15) is 22.5 Å². The maximum atomic E-state index is 12.2. The van der Waals surface area contributed by atoms with Crippen molar-refractivity contribution in [3.63, 3.8) is 0 Å². The Morgan fingerprint density at radius 1 is 1.05 bits per heavy atom. The molecule has 0 fully saturated rings. The third-order valence-corrected chi connectivity index (χ3v) is 3.52. The van der Waals surface area contributed by atoms with Gasteiger partial charge in [0.25, 0.3) is 0 Å². The molecule has 0 aliphatic heterocycles. The van der Waals surface area contributed by atoms with Crippen molar-refractivity contribution in [2.75, 3.05) is 17.7 Å². The number of carbonyl (C=O) groups is 1. The molecule has 116 valence electrons. The number of nitrogens with zero attached hydrogens (tertiary/aromatic N) is 2. The van der Waals surface area contributed by atoms with Gasteiger partial charge in [-0.3, -0.25) is 0 Å². The van der Waals surface area contributed by atoms with Gasteiger partial charge < -0.3 is 15.4 Å². The highest BCUT2D eigenvalue weighted by Crippen LogP contribution is 2.21. The second kappa shape index (κ2) is 6.43. The predicted octanol–water partition coefficient (Wildman–Crippen LogP) is 3.36. The summed E-state index contributed by atoms with van der Waals surface area (Å²) in [6.45, 7) is 7.57. The number of rotatable bonds is 3. The van der Waals surface area contributed by atoms with Crippen LogP contribution in [0.25, 0.3) is 0 Å². The largest absolute Gasteiger partial charge is 0.467 e. The minimum Gasteiger partial charge on any atom is -0.467 e. The van der Waals surface area contributed by atoms with E-state index in [2.05, 4.69) is 20.6 Å². The quantitative estimate of drug-likeness (QED) is 0.911. The number of amides is 2. The topological polar surface area (TPSA) is 76.1 Å². The second-order valence-electron chi connectivity index (χ2n) is 5.08. The zero-order chi connectivity index (χ0) is 16.3. The van der Waals surface area contributed by atoms with Crippen LogP contribution in [-0.4, -0.2) is 23.1 Å². The highest BCUT2D eigenvalue weighted by molar-refractivity contribution is 6.00. The van der Waals surface area contributed by atoms with Crippen molar-refractivity contribution >= 4 is 17.4 Å². The fraction of sp³-hybridized carbons (Fsp3) is 0.312. The Morgan fingerprint density at radius 2 is 1.68 bits per heavy atom. The fourth-order valence-corrected chi connectivity index (χ4v) is 2.11. The number of nitrogens with one attached hydrogen (secondary N) is 2. The van der Waals surface area contributed by atoms with Crippen LogP contribution in [0.2, 0.25) is 0 Å². The third-order valence-electron chi connectivity index (χ3n) is 3.52. The van der Waals surface area contributed by atoms with Crippen LogP contribution >= 0.6 is 0 Å². The number of hydrogen-bond acceptors (Lipinski definition) is 4. The smallest absolute Gasteiger partial charge is 0.323 e. The van der Waals surface area contributed by atoms with Crippen molar-refractivity contribution in [2.45, 2.75) is 27.7 Å². The molecule has 0 bridgehead atoms. The summed E-state index contributed by atoms with van der Waals surface area (Å²) >= 11 is 0. The molecule has 2 amide bonds. The zero-order valence-corrected chi connectivity index (χ0v) is 13.4. The van der Waals surface area contributed by atoms with Gasteiger partial charge in [0, 0.05) is 5.69 Å². The number of benzene rings is 1. The molecule has 1 aromatic heterocycles. The van der Waals surface area contributed by atoms with E-state index in [4.69, 9.17) is 4.74 Å². The number of carbonyl (C=O) groups excluding carboxylic acids is 1. The molecule has 0 aliphatic carbocycles. The van der Waals surface area contributed by atoms with Gasteiger partial charge in [0.15, 0.2) is 0 Å². The lowest BCUT2D eigenvalue weighted by atomic mass is 10.1. The first-order chi connectivity index (χ1) is 10.4. The molecule has 0 unspecified atom stereocenters. The molecule has 0 radical (unpaired) electrons. The molecule has 22 heavy (non-hydrogen) atoms. The fourth-order valence-electron chi connectivity index (χ4n) is 2.11. The standard InChI is InChI=1S/C16H20N4O2/c1-9-7-6-8-13(10(9)2)19-15(21)20-14-11(3)17-16(22-5)18-12(14)4/h6-8H,1-5H3,(H2,19,20,21). The summed E-state index contributed by atoms with van der Waals surface area (Å²) in [5.41, 5.74) is 4.83. The Labute approximate surface area is 129 Å². The van der Waals surface area contributed by atoms with Crippen LogP contribution in [0.3, 0.4) is 0 Å². The monoisotopic (exact) mass is 300 g/mol. The minimum atomic E-state index is -0.325. The summed E-state index contributed by atoms with van der Waals surface area (Å²) in [5, 5.41) is 5.64. The Hall–Kier alpha value is -2.63. The number of aromatic nitrogens is 2. The van der Waals surface area contributed by atoms with Crippen LogP contribution in [0.4, 0.5) is 16.2 Å². The average molecular weight is 300 g/mol. The predicted molar refractivity (Wildman–Crippen MR) is 86.6 cm³/mol. The average Bonchev–Trinajstić information content (AvgIpc) is 2.47. The number of methoxy groups -OCH3 is 1. The molecule has 6 nitrogen and oxygen atoms in total. The van der Waals surface area contributed by atoms with Crippen LogP contribution in [0.5, 0.6) is 6.01 Å². The number of aryl methyl sites for hydroxylation is 3. The van der Waals surface area contributed by atoms with Crippen molar-refractivity contribution in [1.82, 2.24) is 9.97 Å². The first-order valence-corrected chi connectivity index (χ1v) is 6.95. The second-order valence-corrected chi connectivity index (χ2v) is 5.08. The van der Waals surface area contributed by atoms with Crippen LogP contribution in [0.15, 0.2) is 18.2 Å². The molecular formula is C16H20N4O2. The molecule has 0 saturated heterocycles. The van der Waals surface area contributed by atoms with Gasteiger partial charge in [-0.25, -0.2) is 4.79 Å². The highest BCUT2D eigenvalue weighted by Gasteiger charge is 2.12. The molecule has 0 aliphatic rings. The van der Waals surface area contributed by atoms with E-state index in [-0.39, 0.29) is 12.0 Å².